The number of hydrogen-bond donors (Lipinski definition) is 2. The van der Waals surface area contributed by atoms with Crippen LogP contribution in [0.15, 0.2) is 54.0 Å². The van der Waals surface area contributed by atoms with Crippen LogP contribution in [0.4, 0.5) is 5.13 Å². The molecule has 0 spiro atoms. The van der Waals surface area contributed by atoms with Gasteiger partial charge in [0.15, 0.2) is 5.13 Å². The number of hydrogen-bond acceptors (Lipinski definition) is 6. The summed E-state index contributed by atoms with van der Waals surface area (Å²) < 4.78 is 5.82. The van der Waals surface area contributed by atoms with Gasteiger partial charge in [0.2, 0.25) is 11.8 Å². The van der Waals surface area contributed by atoms with E-state index in [9.17, 15) is 9.59 Å². The van der Waals surface area contributed by atoms with Gasteiger partial charge < -0.3 is 15.4 Å². The quantitative estimate of drug-likeness (QED) is 0.524. The van der Waals surface area contributed by atoms with Crippen molar-refractivity contribution in [2.24, 2.45) is 5.92 Å². The summed E-state index contributed by atoms with van der Waals surface area (Å²) in [7, 11) is 0. The van der Waals surface area contributed by atoms with E-state index in [1.54, 1.807) is 11.6 Å². The third-order valence-corrected chi connectivity index (χ3v) is 5.30. The Hall–Kier alpha value is -3.26. The summed E-state index contributed by atoms with van der Waals surface area (Å²) in [4.78, 5) is 32.8. The minimum Gasteiger partial charge on any atom is -0.487 e. The van der Waals surface area contributed by atoms with Crippen LogP contribution >= 0.6 is 11.3 Å². The highest BCUT2D eigenvalue weighted by Crippen LogP contribution is 2.21. The van der Waals surface area contributed by atoms with Gasteiger partial charge in [0, 0.05) is 17.5 Å². The average Bonchev–Trinajstić information content (AvgIpc) is 3.19. The molecule has 0 fully saturated rings. The van der Waals surface area contributed by atoms with Crippen LogP contribution in [0.5, 0.6) is 5.75 Å². The third-order valence-electron chi connectivity index (χ3n) is 4.50. The highest BCUT2D eigenvalue weighted by molar-refractivity contribution is 7.13. The SMILES string of the molecule is CC(C)C(=O)Nc1nc(CC(=O)NC(C)c2cccc(OCc3ccccn3)c2)cs1. The third kappa shape index (κ3) is 6.89. The van der Waals surface area contributed by atoms with Gasteiger partial charge in [0.1, 0.15) is 12.4 Å². The largest absolute Gasteiger partial charge is 0.487 e. The van der Waals surface area contributed by atoms with Gasteiger partial charge in [-0.25, -0.2) is 4.98 Å². The lowest BCUT2D eigenvalue weighted by molar-refractivity contribution is -0.121. The second-order valence-electron chi connectivity index (χ2n) is 7.44. The lowest BCUT2D eigenvalue weighted by atomic mass is 10.1. The first-order valence-electron chi connectivity index (χ1n) is 10.1. The van der Waals surface area contributed by atoms with Crippen molar-refractivity contribution in [2.45, 2.75) is 39.8 Å². The molecule has 0 saturated heterocycles. The van der Waals surface area contributed by atoms with E-state index in [0.717, 1.165) is 11.3 Å². The molecule has 162 valence electrons. The predicted molar refractivity (Wildman–Crippen MR) is 121 cm³/mol. The first kappa shape index (κ1) is 22.4. The number of amides is 2. The Morgan fingerprint density at radius 3 is 2.68 bits per heavy atom. The summed E-state index contributed by atoms with van der Waals surface area (Å²) in [5.74, 6) is 0.359. The molecule has 0 radical (unpaired) electrons. The molecule has 1 unspecified atom stereocenters. The number of nitrogens with zero attached hydrogens (tertiary/aromatic N) is 2. The lowest BCUT2D eigenvalue weighted by Crippen LogP contribution is -2.28. The number of carbonyl (C=O) groups is 2. The molecule has 3 rings (SSSR count). The first-order chi connectivity index (χ1) is 14.9. The fourth-order valence-corrected chi connectivity index (χ4v) is 3.46. The summed E-state index contributed by atoms with van der Waals surface area (Å²) in [5, 5.41) is 8.03. The number of thiazole rings is 1. The van der Waals surface area contributed by atoms with E-state index in [1.807, 2.05) is 63.2 Å². The van der Waals surface area contributed by atoms with Crippen molar-refractivity contribution in [3.05, 3.63) is 71.0 Å². The van der Waals surface area contributed by atoms with E-state index in [-0.39, 0.29) is 30.2 Å². The summed E-state index contributed by atoms with van der Waals surface area (Å²) in [6.07, 6.45) is 1.88. The van der Waals surface area contributed by atoms with E-state index in [0.29, 0.717) is 23.2 Å². The molecular formula is C23H26N4O3S. The van der Waals surface area contributed by atoms with Gasteiger partial charge in [0.05, 0.1) is 23.9 Å². The van der Waals surface area contributed by atoms with Crippen LogP contribution in [-0.2, 0) is 22.6 Å². The van der Waals surface area contributed by atoms with Crippen LogP contribution in [0.2, 0.25) is 0 Å². The van der Waals surface area contributed by atoms with E-state index < -0.39 is 0 Å². The number of aromatic nitrogens is 2. The molecule has 0 aliphatic rings. The molecule has 2 aromatic heterocycles. The monoisotopic (exact) mass is 438 g/mol. The molecule has 2 N–H and O–H groups in total. The first-order valence-corrected chi connectivity index (χ1v) is 11.0. The zero-order valence-corrected chi connectivity index (χ0v) is 18.6. The van der Waals surface area contributed by atoms with E-state index >= 15 is 0 Å². The van der Waals surface area contributed by atoms with E-state index in [4.69, 9.17) is 4.74 Å². The van der Waals surface area contributed by atoms with Crippen LogP contribution in [0.3, 0.4) is 0 Å². The molecule has 0 saturated carbocycles. The summed E-state index contributed by atoms with van der Waals surface area (Å²) >= 11 is 1.31. The van der Waals surface area contributed by atoms with Crippen molar-refractivity contribution in [3.63, 3.8) is 0 Å². The van der Waals surface area contributed by atoms with Crippen molar-refractivity contribution >= 4 is 28.3 Å². The molecule has 3 aromatic rings. The lowest BCUT2D eigenvalue weighted by Gasteiger charge is -2.15. The maximum absolute atomic E-state index is 12.5. The van der Waals surface area contributed by atoms with Gasteiger partial charge in [0.25, 0.3) is 0 Å². The molecule has 8 heteroatoms. The Morgan fingerprint density at radius 1 is 1.10 bits per heavy atom. The van der Waals surface area contributed by atoms with Gasteiger partial charge in [-0.15, -0.1) is 11.3 Å². The number of carbonyl (C=O) groups excluding carboxylic acids is 2. The molecule has 1 atom stereocenters. The Bertz CT molecular complexity index is 1020. The van der Waals surface area contributed by atoms with Gasteiger partial charge in [-0.3, -0.25) is 14.6 Å². The molecular weight excluding hydrogens is 412 g/mol. The number of rotatable bonds is 9. The minimum atomic E-state index is -0.190. The summed E-state index contributed by atoms with van der Waals surface area (Å²) in [6, 6.07) is 13.1. The molecule has 0 aliphatic carbocycles. The van der Waals surface area contributed by atoms with Gasteiger partial charge in [-0.2, -0.15) is 0 Å². The number of benzene rings is 1. The Kier molecular flexibility index (Phi) is 7.72. The summed E-state index contributed by atoms with van der Waals surface area (Å²) in [6.45, 7) is 5.93. The normalized spacial score (nSPS) is 11.7. The van der Waals surface area contributed by atoms with Crippen LogP contribution in [0.1, 0.15) is 43.8 Å². The molecule has 1 aromatic carbocycles. The van der Waals surface area contributed by atoms with Crippen LogP contribution in [0, 0.1) is 5.92 Å². The highest BCUT2D eigenvalue weighted by atomic mass is 32.1. The zero-order valence-electron chi connectivity index (χ0n) is 17.8. The smallest absolute Gasteiger partial charge is 0.228 e. The van der Waals surface area contributed by atoms with Crippen molar-refractivity contribution in [1.29, 1.82) is 0 Å². The van der Waals surface area contributed by atoms with Gasteiger partial charge in [-0.1, -0.05) is 32.0 Å². The van der Waals surface area contributed by atoms with Gasteiger partial charge >= 0.3 is 0 Å². The maximum atomic E-state index is 12.5. The topological polar surface area (TPSA) is 93.2 Å². The van der Waals surface area contributed by atoms with Crippen LogP contribution < -0.4 is 15.4 Å². The number of ether oxygens (including phenoxy) is 1. The van der Waals surface area contributed by atoms with Crippen molar-refractivity contribution in [3.8, 4) is 5.75 Å². The van der Waals surface area contributed by atoms with Crippen molar-refractivity contribution < 1.29 is 14.3 Å². The molecule has 2 heterocycles. The summed E-state index contributed by atoms with van der Waals surface area (Å²) in [5.41, 5.74) is 2.41. The molecule has 0 aliphatic heterocycles. The maximum Gasteiger partial charge on any atom is 0.228 e. The Morgan fingerprint density at radius 2 is 1.94 bits per heavy atom. The highest BCUT2D eigenvalue weighted by Gasteiger charge is 2.14. The van der Waals surface area contributed by atoms with E-state index in [2.05, 4.69) is 20.6 Å². The van der Waals surface area contributed by atoms with Crippen LogP contribution in [0.25, 0.3) is 0 Å². The molecule has 7 nitrogen and oxygen atoms in total. The predicted octanol–water partition coefficient (Wildman–Crippen LogP) is 4.13. The standard InChI is InChI=1S/C23H26N4O3S/c1-15(2)22(29)27-23-26-19(14-31-23)12-21(28)25-16(3)17-7-6-9-20(11-17)30-13-18-8-4-5-10-24-18/h4-11,14-16H,12-13H2,1-3H3,(H,25,28)(H,26,27,29). The average molecular weight is 439 g/mol. The second kappa shape index (κ2) is 10.7. The second-order valence-corrected chi connectivity index (χ2v) is 8.29. The minimum absolute atomic E-state index is 0.0934. The van der Waals surface area contributed by atoms with Crippen molar-refractivity contribution in [2.75, 3.05) is 5.32 Å². The Labute approximate surface area is 185 Å². The van der Waals surface area contributed by atoms with E-state index in [1.165, 1.54) is 11.3 Å². The number of pyridine rings is 1. The van der Waals surface area contributed by atoms with Crippen LogP contribution in [-0.4, -0.2) is 21.8 Å². The fourth-order valence-electron chi connectivity index (χ4n) is 2.75. The fraction of sp³-hybridized carbons (Fsp3) is 0.304. The molecule has 2 amide bonds. The number of nitrogens with one attached hydrogen (secondary N) is 2. The van der Waals surface area contributed by atoms with Gasteiger partial charge in [-0.05, 0) is 36.8 Å². The molecule has 0 bridgehead atoms. The Balaban J connectivity index is 1.52. The zero-order chi connectivity index (χ0) is 22.2. The number of anilines is 1. The van der Waals surface area contributed by atoms with Crippen molar-refractivity contribution in [1.82, 2.24) is 15.3 Å². The molecule has 31 heavy (non-hydrogen) atoms.